The van der Waals surface area contributed by atoms with Crippen LogP contribution in [0.3, 0.4) is 0 Å². The number of methoxy groups -OCH3 is 1. The summed E-state index contributed by atoms with van der Waals surface area (Å²) in [5.41, 5.74) is 0.663. The molecular weight excluding hydrogens is 366 g/mol. The van der Waals surface area contributed by atoms with Gasteiger partial charge in [-0.15, -0.1) is 0 Å². The van der Waals surface area contributed by atoms with E-state index in [1.54, 1.807) is 0 Å². The highest BCUT2D eigenvalue weighted by molar-refractivity contribution is 5.92. The number of esters is 1. The fourth-order valence-corrected chi connectivity index (χ4v) is 5.94. The summed E-state index contributed by atoms with van der Waals surface area (Å²) < 4.78 is 33.6. The van der Waals surface area contributed by atoms with Gasteiger partial charge in [-0.3, -0.25) is 4.79 Å². The van der Waals surface area contributed by atoms with Crippen molar-refractivity contribution in [3.8, 4) is 0 Å². The standard InChI is InChI=1S/C21H22F2N2O3/c1-20(22,23)15-9-12-10-21(19(26)28-2)17-14(7-8-25(27,11-12)18(15)21)13-5-3-4-6-16(13)24-17/h3-6,9,12,18,24H,7-8,10-11H2,1-2H3. The molecule has 4 bridgehead atoms. The van der Waals surface area contributed by atoms with Gasteiger partial charge in [0.2, 0.25) is 0 Å². The van der Waals surface area contributed by atoms with E-state index >= 15 is 0 Å². The normalized spacial score (nSPS) is 34.0. The Labute approximate surface area is 161 Å². The Morgan fingerprint density at radius 1 is 1.39 bits per heavy atom. The van der Waals surface area contributed by atoms with Crippen LogP contribution in [0.5, 0.6) is 0 Å². The predicted octanol–water partition coefficient (Wildman–Crippen LogP) is 3.43. The monoisotopic (exact) mass is 388 g/mol. The Hall–Kier alpha value is -2.25. The molecule has 28 heavy (non-hydrogen) atoms. The highest BCUT2D eigenvalue weighted by Crippen LogP contribution is 2.57. The van der Waals surface area contributed by atoms with Crippen molar-refractivity contribution in [2.45, 2.75) is 37.1 Å². The molecule has 0 saturated carbocycles. The number of quaternary nitrogens is 1. The molecule has 7 heteroatoms. The molecule has 148 valence electrons. The van der Waals surface area contributed by atoms with E-state index in [1.165, 1.54) is 13.2 Å². The molecule has 4 unspecified atom stereocenters. The lowest BCUT2D eigenvalue weighted by Crippen LogP contribution is -2.72. The fraction of sp³-hybridized carbons (Fsp3) is 0.476. The first-order valence-electron chi connectivity index (χ1n) is 9.57. The fourth-order valence-electron chi connectivity index (χ4n) is 5.94. The molecule has 1 saturated heterocycles. The number of aromatic amines is 1. The van der Waals surface area contributed by atoms with Crippen LogP contribution in [0.15, 0.2) is 35.9 Å². The molecule has 4 atom stereocenters. The quantitative estimate of drug-likeness (QED) is 0.371. The van der Waals surface area contributed by atoms with Gasteiger partial charge in [0.25, 0.3) is 5.92 Å². The second-order valence-corrected chi connectivity index (χ2v) is 8.47. The number of halogens is 2. The van der Waals surface area contributed by atoms with E-state index in [4.69, 9.17) is 4.74 Å². The zero-order valence-corrected chi connectivity index (χ0v) is 15.8. The summed E-state index contributed by atoms with van der Waals surface area (Å²) in [5.74, 6) is -4.17. The van der Waals surface area contributed by atoms with Gasteiger partial charge >= 0.3 is 5.97 Å². The van der Waals surface area contributed by atoms with Crippen molar-refractivity contribution >= 4 is 16.9 Å². The van der Waals surface area contributed by atoms with E-state index in [1.807, 2.05) is 24.3 Å². The number of benzene rings is 1. The average molecular weight is 388 g/mol. The van der Waals surface area contributed by atoms with Crippen LogP contribution in [0.1, 0.15) is 24.6 Å². The lowest BCUT2D eigenvalue weighted by Gasteiger charge is -2.62. The lowest BCUT2D eigenvalue weighted by molar-refractivity contribution is -0.914. The number of hydrogen-bond donors (Lipinski definition) is 1. The number of nitrogens with one attached hydrogen (secondary N) is 1. The molecule has 0 amide bonds. The van der Waals surface area contributed by atoms with Crippen molar-refractivity contribution in [1.82, 2.24) is 4.98 Å². The SMILES string of the molecule is COC(=O)C12CC3C=C(C(C)(F)F)C1[N+]([O-])(CCc1c2[nH]c2ccccc12)C3. The molecule has 0 radical (unpaired) electrons. The topological polar surface area (TPSA) is 65.2 Å². The van der Waals surface area contributed by atoms with Crippen molar-refractivity contribution in [2.75, 3.05) is 20.2 Å². The Morgan fingerprint density at radius 2 is 2.14 bits per heavy atom. The maximum Gasteiger partial charge on any atom is 0.324 e. The Balaban J connectivity index is 1.86. The number of piperidine rings is 1. The highest BCUT2D eigenvalue weighted by Gasteiger charge is 2.68. The highest BCUT2D eigenvalue weighted by atomic mass is 19.3. The number of rotatable bonds is 2. The van der Waals surface area contributed by atoms with Gasteiger partial charge in [-0.2, -0.15) is 0 Å². The number of ether oxygens (including phenoxy) is 1. The third-order valence-corrected chi connectivity index (χ3v) is 6.83. The van der Waals surface area contributed by atoms with Gasteiger partial charge < -0.3 is 19.6 Å². The van der Waals surface area contributed by atoms with Gasteiger partial charge in [0, 0.05) is 35.9 Å². The first kappa shape index (κ1) is 17.8. The number of carbonyl (C=O) groups is 1. The number of alkyl halides is 2. The second kappa shape index (κ2) is 5.42. The van der Waals surface area contributed by atoms with E-state index in [0.717, 1.165) is 23.4 Å². The van der Waals surface area contributed by atoms with Crippen LogP contribution in [-0.4, -0.2) is 47.8 Å². The van der Waals surface area contributed by atoms with Gasteiger partial charge in [0.05, 0.1) is 25.8 Å². The van der Waals surface area contributed by atoms with Crippen LogP contribution in [0.4, 0.5) is 8.78 Å². The van der Waals surface area contributed by atoms with Crippen LogP contribution < -0.4 is 0 Å². The smallest absolute Gasteiger partial charge is 0.324 e. The van der Waals surface area contributed by atoms with Gasteiger partial charge in [-0.25, -0.2) is 8.78 Å². The minimum absolute atomic E-state index is 0.169. The lowest BCUT2D eigenvalue weighted by atomic mass is 9.60. The first-order chi connectivity index (χ1) is 13.2. The summed E-state index contributed by atoms with van der Waals surface area (Å²) >= 11 is 0. The molecule has 3 aliphatic heterocycles. The molecule has 1 aromatic carbocycles. The molecule has 1 fully saturated rings. The van der Waals surface area contributed by atoms with Crippen LogP contribution in [0.25, 0.3) is 10.9 Å². The van der Waals surface area contributed by atoms with Crippen molar-refractivity contribution < 1.29 is 23.0 Å². The number of hydroxylamine groups is 3. The van der Waals surface area contributed by atoms with Gasteiger partial charge in [-0.1, -0.05) is 24.3 Å². The van der Waals surface area contributed by atoms with Crippen molar-refractivity contribution in [3.63, 3.8) is 0 Å². The summed E-state index contributed by atoms with van der Waals surface area (Å²) in [6.07, 6.45) is 2.28. The number of H-pyrrole nitrogens is 1. The van der Waals surface area contributed by atoms with Crippen LogP contribution in [0.2, 0.25) is 0 Å². The summed E-state index contributed by atoms with van der Waals surface area (Å²) in [5, 5.41) is 14.8. The van der Waals surface area contributed by atoms with E-state index in [-0.39, 0.29) is 24.6 Å². The molecule has 1 N–H and O–H groups in total. The first-order valence-corrected chi connectivity index (χ1v) is 9.57. The summed E-state index contributed by atoms with van der Waals surface area (Å²) in [7, 11) is 1.26. The average Bonchev–Trinajstić information content (AvgIpc) is 3.00. The molecule has 4 aliphatic rings. The van der Waals surface area contributed by atoms with E-state index in [9.17, 15) is 18.8 Å². The largest absolute Gasteiger partial charge is 0.632 e. The molecule has 2 aromatic rings. The van der Waals surface area contributed by atoms with Crippen LogP contribution in [-0.2, 0) is 21.4 Å². The molecule has 6 rings (SSSR count). The van der Waals surface area contributed by atoms with Crippen molar-refractivity contribution in [2.24, 2.45) is 5.92 Å². The molecular formula is C21H22F2N2O3. The minimum atomic E-state index is -3.17. The Bertz CT molecular complexity index is 1020. The number of para-hydroxylation sites is 1. The van der Waals surface area contributed by atoms with Crippen molar-refractivity contribution in [1.29, 1.82) is 0 Å². The van der Waals surface area contributed by atoms with Crippen LogP contribution in [0, 0.1) is 11.1 Å². The van der Waals surface area contributed by atoms with Gasteiger partial charge in [0.1, 0.15) is 6.04 Å². The number of aromatic nitrogens is 1. The zero-order valence-electron chi connectivity index (χ0n) is 15.8. The number of hydrogen-bond acceptors (Lipinski definition) is 3. The van der Waals surface area contributed by atoms with E-state index in [0.29, 0.717) is 18.5 Å². The summed E-state index contributed by atoms with van der Waals surface area (Å²) in [6, 6.07) is 6.45. The number of nitrogens with zero attached hydrogens (tertiary/aromatic N) is 1. The van der Waals surface area contributed by atoms with E-state index < -0.39 is 28.0 Å². The molecule has 1 aliphatic carbocycles. The molecule has 4 heterocycles. The predicted molar refractivity (Wildman–Crippen MR) is 99.7 cm³/mol. The third-order valence-electron chi connectivity index (χ3n) is 6.83. The third kappa shape index (κ3) is 2.09. The Kier molecular flexibility index (Phi) is 3.45. The molecule has 5 nitrogen and oxygen atoms in total. The maximum absolute atomic E-state index is 14.6. The maximum atomic E-state index is 14.6. The summed E-state index contributed by atoms with van der Waals surface area (Å²) in [6.45, 7) is 1.21. The second-order valence-electron chi connectivity index (χ2n) is 8.47. The zero-order chi connectivity index (χ0) is 19.9. The molecule has 0 spiro atoms. The van der Waals surface area contributed by atoms with Crippen molar-refractivity contribution in [3.05, 3.63) is 52.4 Å². The minimum Gasteiger partial charge on any atom is -0.632 e. The summed E-state index contributed by atoms with van der Waals surface area (Å²) in [4.78, 5) is 16.6. The van der Waals surface area contributed by atoms with Gasteiger partial charge in [0.15, 0.2) is 5.41 Å². The van der Waals surface area contributed by atoms with Gasteiger partial charge in [-0.05, 0) is 18.1 Å². The van der Waals surface area contributed by atoms with E-state index in [2.05, 4.69) is 4.98 Å². The number of carbonyl (C=O) groups excluding carboxylic acids is 1. The Morgan fingerprint density at radius 3 is 2.86 bits per heavy atom. The van der Waals surface area contributed by atoms with Crippen LogP contribution >= 0.6 is 0 Å². The number of fused-ring (bicyclic) bond motifs is 3. The molecule has 1 aromatic heterocycles.